The van der Waals surface area contributed by atoms with Crippen LogP contribution in [0.3, 0.4) is 0 Å². The Hall–Kier alpha value is -1.41. The second-order valence-corrected chi connectivity index (χ2v) is 5.49. The van der Waals surface area contributed by atoms with Crippen LogP contribution in [0.5, 0.6) is 0 Å². The molecule has 0 spiro atoms. The van der Waals surface area contributed by atoms with E-state index in [2.05, 4.69) is 35.3 Å². The largest absolute Gasteiger partial charge is 0.297 e. The Morgan fingerprint density at radius 1 is 1.42 bits per heavy atom. The summed E-state index contributed by atoms with van der Waals surface area (Å²) < 4.78 is 1.96. The van der Waals surface area contributed by atoms with Gasteiger partial charge in [0.15, 0.2) is 5.82 Å². The van der Waals surface area contributed by atoms with Crippen molar-refractivity contribution < 1.29 is 0 Å². The standard InChI is InChI=1S/C14H23N5/c1-4-12-16-13(5-2)19(18-12)9-8-14(3,10-15)17-11-6-7-11/h11,17H,4-9H2,1-3H3. The average Bonchev–Trinajstić information content (AvgIpc) is 3.13. The van der Waals surface area contributed by atoms with Crippen LogP contribution < -0.4 is 5.32 Å². The summed E-state index contributed by atoms with van der Waals surface area (Å²) in [6.45, 7) is 6.88. The Morgan fingerprint density at radius 2 is 2.16 bits per heavy atom. The number of hydrogen-bond acceptors (Lipinski definition) is 4. The molecular weight excluding hydrogens is 238 g/mol. The van der Waals surface area contributed by atoms with Crippen molar-refractivity contribution in [3.05, 3.63) is 11.6 Å². The molecule has 104 valence electrons. The molecule has 5 heteroatoms. The topological polar surface area (TPSA) is 66.5 Å². The van der Waals surface area contributed by atoms with Crippen LogP contribution in [-0.4, -0.2) is 26.3 Å². The van der Waals surface area contributed by atoms with E-state index in [4.69, 9.17) is 0 Å². The maximum Gasteiger partial charge on any atom is 0.150 e. The van der Waals surface area contributed by atoms with Crippen molar-refractivity contribution in [1.82, 2.24) is 20.1 Å². The molecule has 0 saturated heterocycles. The first-order valence-corrected chi connectivity index (χ1v) is 7.21. The number of rotatable bonds is 7. The fourth-order valence-electron chi connectivity index (χ4n) is 2.18. The van der Waals surface area contributed by atoms with E-state index in [0.717, 1.165) is 37.5 Å². The second-order valence-electron chi connectivity index (χ2n) is 5.49. The molecule has 1 heterocycles. The number of hydrogen-bond donors (Lipinski definition) is 1. The van der Waals surface area contributed by atoms with Crippen LogP contribution in [0.25, 0.3) is 0 Å². The summed E-state index contributed by atoms with van der Waals surface area (Å²) in [5, 5.41) is 17.3. The van der Waals surface area contributed by atoms with Crippen LogP contribution >= 0.6 is 0 Å². The Labute approximate surface area is 115 Å². The van der Waals surface area contributed by atoms with Crippen molar-refractivity contribution in [3.63, 3.8) is 0 Å². The molecule has 0 aliphatic heterocycles. The molecule has 1 aliphatic carbocycles. The summed E-state index contributed by atoms with van der Waals surface area (Å²) in [5.74, 6) is 1.91. The molecule has 1 unspecified atom stereocenters. The first-order chi connectivity index (χ1) is 9.10. The third kappa shape index (κ3) is 3.54. The molecular formula is C14H23N5. The van der Waals surface area contributed by atoms with Crippen LogP contribution in [0, 0.1) is 11.3 Å². The van der Waals surface area contributed by atoms with Gasteiger partial charge in [-0.15, -0.1) is 0 Å². The van der Waals surface area contributed by atoms with E-state index >= 15 is 0 Å². The van der Waals surface area contributed by atoms with Crippen LogP contribution in [0.15, 0.2) is 0 Å². The van der Waals surface area contributed by atoms with E-state index < -0.39 is 5.54 Å². The maximum absolute atomic E-state index is 9.36. The van der Waals surface area contributed by atoms with Crippen molar-refractivity contribution in [2.24, 2.45) is 0 Å². The van der Waals surface area contributed by atoms with Crippen LogP contribution in [0.1, 0.15) is 51.7 Å². The van der Waals surface area contributed by atoms with Gasteiger partial charge in [-0.1, -0.05) is 13.8 Å². The molecule has 1 saturated carbocycles. The van der Waals surface area contributed by atoms with Crippen molar-refractivity contribution in [2.75, 3.05) is 0 Å². The average molecular weight is 261 g/mol. The lowest BCUT2D eigenvalue weighted by molar-refractivity contribution is 0.375. The molecule has 0 bridgehead atoms. The van der Waals surface area contributed by atoms with E-state index in [1.807, 2.05) is 11.6 Å². The summed E-state index contributed by atoms with van der Waals surface area (Å²) in [7, 11) is 0. The van der Waals surface area contributed by atoms with Crippen LogP contribution in [-0.2, 0) is 19.4 Å². The smallest absolute Gasteiger partial charge is 0.150 e. The van der Waals surface area contributed by atoms with Crippen molar-refractivity contribution in [1.29, 1.82) is 5.26 Å². The SMILES string of the molecule is CCc1nc(CC)n(CCC(C)(C#N)NC2CC2)n1. The van der Waals surface area contributed by atoms with Gasteiger partial charge in [0, 0.05) is 25.4 Å². The Kier molecular flexibility index (Phi) is 4.20. The quantitative estimate of drug-likeness (QED) is 0.813. The van der Waals surface area contributed by atoms with Gasteiger partial charge in [-0.25, -0.2) is 9.67 Å². The molecule has 1 atom stereocenters. The van der Waals surface area contributed by atoms with Crippen LogP contribution in [0.2, 0.25) is 0 Å². The molecule has 1 fully saturated rings. The second kappa shape index (κ2) is 5.70. The number of nitrogens with zero attached hydrogens (tertiary/aromatic N) is 4. The lowest BCUT2D eigenvalue weighted by Crippen LogP contribution is -2.43. The molecule has 1 aromatic rings. The third-order valence-electron chi connectivity index (χ3n) is 3.60. The van der Waals surface area contributed by atoms with Gasteiger partial charge in [-0.05, 0) is 26.2 Å². The lowest BCUT2D eigenvalue weighted by atomic mass is 10.00. The Morgan fingerprint density at radius 3 is 2.68 bits per heavy atom. The van der Waals surface area contributed by atoms with E-state index in [1.165, 1.54) is 12.8 Å². The first kappa shape index (κ1) is 14.0. The normalized spacial score (nSPS) is 18.0. The number of aromatic nitrogens is 3. The van der Waals surface area contributed by atoms with Gasteiger partial charge in [0.2, 0.25) is 0 Å². The Bertz CT molecular complexity index is 469. The molecule has 5 nitrogen and oxygen atoms in total. The van der Waals surface area contributed by atoms with Gasteiger partial charge in [0.1, 0.15) is 11.4 Å². The zero-order chi connectivity index (χ0) is 13.9. The molecule has 0 amide bonds. The molecule has 0 radical (unpaired) electrons. The van der Waals surface area contributed by atoms with E-state index in [9.17, 15) is 5.26 Å². The van der Waals surface area contributed by atoms with Crippen molar-refractivity contribution in [2.45, 2.75) is 71.0 Å². The highest BCUT2D eigenvalue weighted by Gasteiger charge is 2.32. The predicted octanol–water partition coefficient (Wildman–Crippen LogP) is 1.83. The highest BCUT2D eigenvalue weighted by molar-refractivity contribution is 5.07. The fraction of sp³-hybridized carbons (Fsp3) is 0.786. The van der Waals surface area contributed by atoms with Gasteiger partial charge in [0.05, 0.1) is 6.07 Å². The minimum atomic E-state index is -0.454. The van der Waals surface area contributed by atoms with E-state index in [-0.39, 0.29) is 0 Å². The summed E-state index contributed by atoms with van der Waals surface area (Å²) in [5.41, 5.74) is -0.454. The minimum Gasteiger partial charge on any atom is -0.297 e. The minimum absolute atomic E-state index is 0.454. The Balaban J connectivity index is 2.00. The van der Waals surface area contributed by atoms with Gasteiger partial charge in [-0.2, -0.15) is 10.4 Å². The zero-order valence-electron chi connectivity index (χ0n) is 12.1. The summed E-state index contributed by atoms with van der Waals surface area (Å²) in [6, 6.07) is 2.94. The molecule has 1 aromatic heterocycles. The summed E-state index contributed by atoms with van der Waals surface area (Å²) in [6.07, 6.45) is 4.89. The van der Waals surface area contributed by atoms with Crippen molar-refractivity contribution >= 4 is 0 Å². The number of aryl methyl sites for hydroxylation is 3. The van der Waals surface area contributed by atoms with Gasteiger partial charge in [-0.3, -0.25) is 5.32 Å². The highest BCUT2D eigenvalue weighted by atomic mass is 15.3. The number of nitrogens with one attached hydrogen (secondary N) is 1. The zero-order valence-corrected chi connectivity index (χ0v) is 12.1. The van der Waals surface area contributed by atoms with E-state index in [0.29, 0.717) is 6.04 Å². The molecule has 0 aromatic carbocycles. The van der Waals surface area contributed by atoms with Gasteiger partial charge < -0.3 is 0 Å². The molecule has 19 heavy (non-hydrogen) atoms. The molecule has 2 rings (SSSR count). The maximum atomic E-state index is 9.36. The van der Waals surface area contributed by atoms with Crippen molar-refractivity contribution in [3.8, 4) is 6.07 Å². The molecule has 1 N–H and O–H groups in total. The lowest BCUT2D eigenvalue weighted by Gasteiger charge is -2.23. The monoisotopic (exact) mass is 261 g/mol. The summed E-state index contributed by atoms with van der Waals surface area (Å²) >= 11 is 0. The van der Waals surface area contributed by atoms with E-state index in [1.54, 1.807) is 0 Å². The predicted molar refractivity (Wildman–Crippen MR) is 73.6 cm³/mol. The highest BCUT2D eigenvalue weighted by Crippen LogP contribution is 2.24. The molecule has 1 aliphatic rings. The summed E-state index contributed by atoms with van der Waals surface area (Å²) in [4.78, 5) is 4.50. The number of nitriles is 1. The van der Waals surface area contributed by atoms with Crippen LogP contribution in [0.4, 0.5) is 0 Å². The third-order valence-corrected chi connectivity index (χ3v) is 3.60. The first-order valence-electron chi connectivity index (χ1n) is 7.21. The van der Waals surface area contributed by atoms with Gasteiger partial charge in [0.25, 0.3) is 0 Å². The fourth-order valence-corrected chi connectivity index (χ4v) is 2.18. The van der Waals surface area contributed by atoms with Gasteiger partial charge >= 0.3 is 0 Å².